The number of thioether (sulfide) groups is 1. The van der Waals surface area contributed by atoms with E-state index >= 15 is 0 Å². The molecule has 1 fully saturated rings. The van der Waals surface area contributed by atoms with Crippen LogP contribution in [0.25, 0.3) is 0 Å². The highest BCUT2D eigenvalue weighted by Gasteiger charge is 2.19. The first kappa shape index (κ1) is 13.5. The smallest absolute Gasteiger partial charge is 0.150 e. The second-order valence-corrected chi connectivity index (χ2v) is 5.77. The first-order valence-corrected chi connectivity index (χ1v) is 7.27. The van der Waals surface area contributed by atoms with Crippen LogP contribution in [0.1, 0.15) is 12.0 Å². The lowest BCUT2D eigenvalue weighted by Crippen LogP contribution is -2.28. The van der Waals surface area contributed by atoms with Crippen molar-refractivity contribution < 1.29 is 8.78 Å². The van der Waals surface area contributed by atoms with E-state index in [1.165, 1.54) is 12.1 Å². The van der Waals surface area contributed by atoms with Crippen molar-refractivity contribution in [3.8, 4) is 0 Å². The minimum atomic E-state index is -0.593. The van der Waals surface area contributed by atoms with E-state index in [4.69, 9.17) is 18.0 Å². The Morgan fingerprint density at radius 2 is 1.89 bits per heavy atom. The Hall–Kier alpha value is -0.880. The summed E-state index contributed by atoms with van der Waals surface area (Å²) in [6.07, 6.45) is 0.931. The quantitative estimate of drug-likeness (QED) is 0.847. The number of benzene rings is 1. The van der Waals surface area contributed by atoms with E-state index in [-0.39, 0.29) is 16.2 Å². The maximum atomic E-state index is 14.0. The van der Waals surface area contributed by atoms with Gasteiger partial charge in [-0.1, -0.05) is 12.2 Å². The molecule has 0 unspecified atom stereocenters. The van der Waals surface area contributed by atoms with Crippen LogP contribution in [0.4, 0.5) is 14.5 Å². The van der Waals surface area contributed by atoms with Crippen LogP contribution in [-0.2, 0) is 0 Å². The fourth-order valence-corrected chi connectivity index (χ4v) is 2.98. The van der Waals surface area contributed by atoms with Crippen molar-refractivity contribution in [1.82, 2.24) is 0 Å². The van der Waals surface area contributed by atoms with Gasteiger partial charge in [-0.25, -0.2) is 8.78 Å². The van der Waals surface area contributed by atoms with Gasteiger partial charge in [0.1, 0.15) is 22.3 Å². The highest BCUT2D eigenvalue weighted by Crippen LogP contribution is 2.27. The van der Waals surface area contributed by atoms with Crippen molar-refractivity contribution in [3.63, 3.8) is 0 Å². The summed E-state index contributed by atoms with van der Waals surface area (Å²) in [5.41, 5.74) is 5.66. The Kier molecular flexibility index (Phi) is 4.40. The number of thiocarbonyl (C=S) groups is 1. The maximum Gasteiger partial charge on any atom is 0.150 e. The lowest BCUT2D eigenvalue weighted by Gasteiger charge is -2.23. The van der Waals surface area contributed by atoms with Gasteiger partial charge in [-0.3, -0.25) is 0 Å². The number of anilines is 1. The van der Waals surface area contributed by atoms with Gasteiger partial charge in [0.15, 0.2) is 0 Å². The molecule has 1 aliphatic rings. The summed E-state index contributed by atoms with van der Waals surface area (Å²) in [5, 5.41) is 0. The lowest BCUT2D eigenvalue weighted by molar-refractivity contribution is 0.572. The first-order chi connectivity index (χ1) is 8.59. The van der Waals surface area contributed by atoms with Gasteiger partial charge in [-0.2, -0.15) is 11.8 Å². The van der Waals surface area contributed by atoms with Crippen LogP contribution in [0, 0.1) is 11.6 Å². The number of hydrogen-bond donors (Lipinski definition) is 1. The summed E-state index contributed by atoms with van der Waals surface area (Å²) >= 11 is 6.54. The van der Waals surface area contributed by atoms with Crippen LogP contribution in [-0.4, -0.2) is 29.6 Å². The third kappa shape index (κ3) is 2.92. The Balaban J connectivity index is 2.34. The molecule has 1 aliphatic heterocycles. The van der Waals surface area contributed by atoms with Gasteiger partial charge < -0.3 is 10.6 Å². The van der Waals surface area contributed by atoms with E-state index in [0.29, 0.717) is 13.1 Å². The molecule has 2 rings (SSSR count). The van der Waals surface area contributed by atoms with Crippen LogP contribution >= 0.6 is 24.0 Å². The highest BCUT2D eigenvalue weighted by molar-refractivity contribution is 7.99. The van der Waals surface area contributed by atoms with Crippen LogP contribution < -0.4 is 10.6 Å². The molecule has 0 spiro atoms. The highest BCUT2D eigenvalue weighted by atomic mass is 32.2. The number of hydrogen-bond acceptors (Lipinski definition) is 3. The van der Waals surface area contributed by atoms with Gasteiger partial charge in [-0.05, 0) is 24.3 Å². The molecule has 0 saturated carbocycles. The van der Waals surface area contributed by atoms with E-state index in [1.807, 2.05) is 0 Å². The number of nitrogens with zero attached hydrogens (tertiary/aromatic N) is 1. The lowest BCUT2D eigenvalue weighted by atomic mass is 10.1. The summed E-state index contributed by atoms with van der Waals surface area (Å²) in [7, 11) is 0. The van der Waals surface area contributed by atoms with E-state index in [2.05, 4.69) is 0 Å². The van der Waals surface area contributed by atoms with Crippen LogP contribution in [0.2, 0.25) is 0 Å². The minimum absolute atomic E-state index is 0.00534. The molecule has 1 heterocycles. The summed E-state index contributed by atoms with van der Waals surface area (Å²) in [5.74, 6) is 0.732. The Morgan fingerprint density at radius 3 is 2.50 bits per heavy atom. The van der Waals surface area contributed by atoms with Crippen LogP contribution in [0.3, 0.4) is 0 Å². The van der Waals surface area contributed by atoms with E-state index in [9.17, 15) is 8.78 Å². The fraction of sp³-hybridized carbons (Fsp3) is 0.417. The molecular weight excluding hydrogens is 274 g/mol. The predicted molar refractivity (Wildman–Crippen MR) is 76.4 cm³/mol. The number of nitrogens with two attached hydrogens (primary N) is 1. The van der Waals surface area contributed by atoms with Crippen molar-refractivity contribution in [2.24, 2.45) is 5.73 Å². The molecule has 1 aromatic rings. The van der Waals surface area contributed by atoms with Gasteiger partial charge >= 0.3 is 0 Å². The molecule has 0 bridgehead atoms. The Labute approximate surface area is 115 Å². The molecule has 0 radical (unpaired) electrons. The van der Waals surface area contributed by atoms with E-state index in [1.54, 1.807) is 16.7 Å². The molecule has 1 saturated heterocycles. The molecule has 0 aliphatic carbocycles. The number of rotatable bonds is 2. The SMILES string of the molecule is NC(=S)c1cc(F)c(N2CCCSCC2)c(F)c1. The second kappa shape index (κ2) is 5.84. The monoisotopic (exact) mass is 288 g/mol. The Bertz CT molecular complexity index is 434. The van der Waals surface area contributed by atoms with Crippen molar-refractivity contribution >= 4 is 34.7 Å². The van der Waals surface area contributed by atoms with Gasteiger partial charge in [0.2, 0.25) is 0 Å². The topological polar surface area (TPSA) is 29.3 Å². The summed E-state index contributed by atoms with van der Waals surface area (Å²) in [4.78, 5) is 1.76. The zero-order chi connectivity index (χ0) is 13.1. The molecule has 0 amide bonds. The second-order valence-electron chi connectivity index (χ2n) is 4.11. The predicted octanol–water partition coefficient (Wildman–Crippen LogP) is 2.54. The fourth-order valence-electron chi connectivity index (χ4n) is 1.98. The molecule has 0 aromatic heterocycles. The standard InChI is InChI=1S/C12H14F2N2S2/c13-9-6-8(12(15)17)7-10(14)11(9)16-2-1-4-18-5-3-16/h6-7H,1-5H2,(H2,15,17). The molecule has 1 aromatic carbocycles. The van der Waals surface area contributed by atoms with Crippen molar-refractivity contribution in [3.05, 3.63) is 29.3 Å². The largest absolute Gasteiger partial charge is 0.389 e. The molecule has 2 nitrogen and oxygen atoms in total. The molecule has 6 heteroatoms. The van der Waals surface area contributed by atoms with Gasteiger partial charge in [0, 0.05) is 24.4 Å². The average molecular weight is 288 g/mol. The van der Waals surface area contributed by atoms with Gasteiger partial charge in [0.05, 0.1) is 0 Å². The zero-order valence-electron chi connectivity index (χ0n) is 9.79. The third-order valence-corrected chi connectivity index (χ3v) is 4.12. The van der Waals surface area contributed by atoms with Crippen molar-refractivity contribution in [1.29, 1.82) is 0 Å². The molecule has 18 heavy (non-hydrogen) atoms. The van der Waals surface area contributed by atoms with Gasteiger partial charge in [-0.15, -0.1) is 0 Å². The van der Waals surface area contributed by atoms with E-state index < -0.39 is 11.6 Å². The summed E-state index contributed by atoms with van der Waals surface area (Å²) in [6, 6.07) is 2.41. The maximum absolute atomic E-state index is 14.0. The molecular formula is C12H14F2N2S2. The summed E-state index contributed by atoms with van der Waals surface area (Å²) < 4.78 is 28.0. The third-order valence-electron chi connectivity index (χ3n) is 2.84. The zero-order valence-corrected chi connectivity index (χ0v) is 11.4. The van der Waals surface area contributed by atoms with Gasteiger partial charge in [0.25, 0.3) is 0 Å². The first-order valence-electron chi connectivity index (χ1n) is 5.71. The van der Waals surface area contributed by atoms with Crippen LogP contribution in [0.15, 0.2) is 12.1 Å². The average Bonchev–Trinajstić information content (AvgIpc) is 2.57. The van der Waals surface area contributed by atoms with Crippen molar-refractivity contribution in [2.45, 2.75) is 6.42 Å². The molecule has 98 valence electrons. The number of halogens is 2. The Morgan fingerprint density at radius 1 is 1.22 bits per heavy atom. The normalized spacial score (nSPS) is 16.4. The van der Waals surface area contributed by atoms with E-state index in [0.717, 1.165) is 17.9 Å². The van der Waals surface area contributed by atoms with Crippen LogP contribution in [0.5, 0.6) is 0 Å². The molecule has 2 N–H and O–H groups in total. The summed E-state index contributed by atoms with van der Waals surface area (Å²) in [6.45, 7) is 1.33. The molecule has 0 atom stereocenters. The minimum Gasteiger partial charge on any atom is -0.389 e. The van der Waals surface area contributed by atoms with Crippen molar-refractivity contribution in [2.75, 3.05) is 29.5 Å².